The molecule has 0 saturated heterocycles. The molecular weight excluding hydrogens is 358 g/mol. The lowest BCUT2D eigenvalue weighted by Crippen LogP contribution is -2.10. The number of rotatable bonds is 4. The van der Waals surface area contributed by atoms with E-state index in [2.05, 4.69) is 4.98 Å². The first kappa shape index (κ1) is 17.2. The molecule has 4 rings (SSSR count). The molecule has 0 atom stereocenters. The average Bonchev–Trinajstić information content (AvgIpc) is 2.69. The van der Waals surface area contributed by atoms with Gasteiger partial charge in [-0.3, -0.25) is 4.98 Å². The van der Waals surface area contributed by atoms with Gasteiger partial charge in [0.1, 0.15) is 10.4 Å². The van der Waals surface area contributed by atoms with Gasteiger partial charge < -0.3 is 4.18 Å². The van der Waals surface area contributed by atoms with E-state index in [0.29, 0.717) is 5.52 Å². The Bertz CT molecular complexity index is 1200. The van der Waals surface area contributed by atoms with Crippen LogP contribution in [0.2, 0.25) is 0 Å². The third-order valence-electron chi connectivity index (χ3n) is 4.33. The molecule has 27 heavy (non-hydrogen) atoms. The molecule has 0 aliphatic heterocycles. The van der Waals surface area contributed by atoms with Crippen molar-refractivity contribution in [1.82, 2.24) is 4.98 Å². The number of hydrogen-bond donors (Lipinski definition) is 0. The number of benzene rings is 3. The van der Waals surface area contributed by atoms with Crippen molar-refractivity contribution in [2.75, 3.05) is 0 Å². The topological polar surface area (TPSA) is 56.3 Å². The molecule has 5 heteroatoms. The Morgan fingerprint density at radius 3 is 2.30 bits per heavy atom. The van der Waals surface area contributed by atoms with E-state index in [4.69, 9.17) is 4.18 Å². The van der Waals surface area contributed by atoms with Crippen LogP contribution in [0.1, 0.15) is 5.56 Å². The Morgan fingerprint density at radius 2 is 1.56 bits per heavy atom. The van der Waals surface area contributed by atoms with Gasteiger partial charge in [-0.2, -0.15) is 8.42 Å². The van der Waals surface area contributed by atoms with E-state index in [-0.39, 0.29) is 10.6 Å². The highest BCUT2D eigenvalue weighted by atomic mass is 32.2. The maximum atomic E-state index is 12.7. The molecule has 1 aromatic heterocycles. The van der Waals surface area contributed by atoms with Crippen molar-refractivity contribution in [2.45, 2.75) is 11.8 Å². The lowest BCUT2D eigenvalue weighted by molar-refractivity contribution is 0.488. The molecule has 0 bridgehead atoms. The Morgan fingerprint density at radius 1 is 0.815 bits per heavy atom. The average molecular weight is 375 g/mol. The van der Waals surface area contributed by atoms with Gasteiger partial charge >= 0.3 is 10.1 Å². The predicted octanol–water partition coefficient (Wildman–Crippen LogP) is 4.98. The highest BCUT2D eigenvalue weighted by Crippen LogP contribution is 2.33. The van der Waals surface area contributed by atoms with Gasteiger partial charge in [0.15, 0.2) is 5.75 Å². The fraction of sp³-hybridized carbons (Fsp3) is 0.0455. The molecule has 0 saturated carbocycles. The third-order valence-corrected chi connectivity index (χ3v) is 5.58. The molecule has 3 aromatic carbocycles. The second-order valence-corrected chi connectivity index (χ2v) is 7.77. The normalized spacial score (nSPS) is 11.4. The van der Waals surface area contributed by atoms with Gasteiger partial charge in [0.25, 0.3) is 0 Å². The fourth-order valence-corrected chi connectivity index (χ4v) is 3.89. The molecule has 0 amide bonds. The Hall–Kier alpha value is -3.18. The van der Waals surface area contributed by atoms with Crippen molar-refractivity contribution in [1.29, 1.82) is 0 Å². The molecule has 134 valence electrons. The molecule has 4 aromatic rings. The highest BCUT2D eigenvalue weighted by molar-refractivity contribution is 7.87. The summed E-state index contributed by atoms with van der Waals surface area (Å²) < 4.78 is 30.8. The zero-order chi connectivity index (χ0) is 18.9. The number of para-hydroxylation sites is 1. The van der Waals surface area contributed by atoms with Crippen LogP contribution in [0.15, 0.2) is 90.0 Å². The van der Waals surface area contributed by atoms with E-state index in [1.165, 1.54) is 0 Å². The molecule has 0 fully saturated rings. The van der Waals surface area contributed by atoms with Crippen LogP contribution in [0.4, 0.5) is 0 Å². The van der Waals surface area contributed by atoms with Crippen LogP contribution in [-0.4, -0.2) is 13.4 Å². The summed E-state index contributed by atoms with van der Waals surface area (Å²) in [5, 5.41) is 0.834. The van der Waals surface area contributed by atoms with E-state index >= 15 is 0 Å². The molecule has 1 heterocycles. The smallest absolute Gasteiger partial charge is 0.339 e. The van der Waals surface area contributed by atoms with Gasteiger partial charge in [-0.15, -0.1) is 0 Å². The summed E-state index contributed by atoms with van der Waals surface area (Å²) in [6, 6.07) is 23.7. The SMILES string of the molecule is Cc1ccc(S(=O)(=O)Oc2cccc3c(-c4ccccc4)ccnc23)cc1. The fourth-order valence-electron chi connectivity index (χ4n) is 2.96. The van der Waals surface area contributed by atoms with Crippen LogP contribution in [0.5, 0.6) is 5.75 Å². The van der Waals surface area contributed by atoms with Crippen molar-refractivity contribution >= 4 is 21.0 Å². The second kappa shape index (κ2) is 6.85. The Balaban J connectivity index is 1.80. The molecule has 0 spiro atoms. The quantitative estimate of drug-likeness (QED) is 0.472. The maximum Gasteiger partial charge on any atom is 0.339 e. The third kappa shape index (κ3) is 3.41. The summed E-state index contributed by atoms with van der Waals surface area (Å²) >= 11 is 0. The summed E-state index contributed by atoms with van der Waals surface area (Å²) in [6.07, 6.45) is 1.66. The van der Waals surface area contributed by atoms with Crippen LogP contribution >= 0.6 is 0 Å². The van der Waals surface area contributed by atoms with Crippen molar-refractivity contribution in [3.8, 4) is 16.9 Å². The number of aromatic nitrogens is 1. The van der Waals surface area contributed by atoms with E-state index in [1.807, 2.05) is 49.4 Å². The largest absolute Gasteiger partial charge is 0.377 e. The minimum atomic E-state index is -3.94. The van der Waals surface area contributed by atoms with Gasteiger partial charge in [-0.1, -0.05) is 60.2 Å². The molecule has 0 aliphatic carbocycles. The maximum absolute atomic E-state index is 12.7. The number of pyridine rings is 1. The van der Waals surface area contributed by atoms with Crippen LogP contribution in [0.25, 0.3) is 22.0 Å². The molecule has 0 aliphatic rings. The lowest BCUT2D eigenvalue weighted by atomic mass is 10.0. The minimum absolute atomic E-state index is 0.115. The highest BCUT2D eigenvalue weighted by Gasteiger charge is 2.19. The summed E-state index contributed by atoms with van der Waals surface area (Å²) in [6.45, 7) is 1.90. The van der Waals surface area contributed by atoms with Crippen molar-refractivity contribution in [2.24, 2.45) is 0 Å². The predicted molar refractivity (Wildman–Crippen MR) is 106 cm³/mol. The summed E-state index contributed by atoms with van der Waals surface area (Å²) in [5.41, 5.74) is 3.49. The van der Waals surface area contributed by atoms with E-state index in [1.54, 1.807) is 42.6 Å². The molecular formula is C22H17NO3S. The Kier molecular flexibility index (Phi) is 4.38. The monoisotopic (exact) mass is 375 g/mol. The number of hydrogen-bond acceptors (Lipinski definition) is 4. The van der Waals surface area contributed by atoms with Crippen LogP contribution in [0.3, 0.4) is 0 Å². The number of fused-ring (bicyclic) bond motifs is 1. The lowest BCUT2D eigenvalue weighted by Gasteiger charge is -2.11. The molecule has 0 unspecified atom stereocenters. The zero-order valence-corrected chi connectivity index (χ0v) is 15.5. The van der Waals surface area contributed by atoms with Gasteiger partial charge in [-0.25, -0.2) is 0 Å². The van der Waals surface area contributed by atoms with Crippen molar-refractivity contribution in [3.63, 3.8) is 0 Å². The van der Waals surface area contributed by atoms with E-state index in [9.17, 15) is 8.42 Å². The molecule has 0 radical (unpaired) electrons. The van der Waals surface area contributed by atoms with E-state index in [0.717, 1.165) is 22.1 Å². The van der Waals surface area contributed by atoms with Crippen molar-refractivity contribution < 1.29 is 12.6 Å². The van der Waals surface area contributed by atoms with Crippen LogP contribution in [-0.2, 0) is 10.1 Å². The van der Waals surface area contributed by atoms with Crippen LogP contribution in [0, 0.1) is 6.92 Å². The number of nitrogens with zero attached hydrogens (tertiary/aromatic N) is 1. The Labute approximate surface area is 158 Å². The van der Waals surface area contributed by atoms with Gasteiger partial charge in [0, 0.05) is 11.6 Å². The van der Waals surface area contributed by atoms with Gasteiger partial charge in [0.05, 0.1) is 0 Å². The van der Waals surface area contributed by atoms with Gasteiger partial charge in [-0.05, 0) is 42.3 Å². The minimum Gasteiger partial charge on any atom is -0.377 e. The summed E-state index contributed by atoms with van der Waals surface area (Å²) in [4.78, 5) is 4.48. The second-order valence-electron chi connectivity index (χ2n) is 6.23. The standard InChI is InChI=1S/C22H17NO3S/c1-16-10-12-18(13-11-16)27(24,25)26-21-9-5-8-20-19(14-15-23-22(20)21)17-6-3-2-4-7-17/h2-15H,1H3. The first-order valence-corrected chi connectivity index (χ1v) is 9.90. The van der Waals surface area contributed by atoms with Crippen molar-refractivity contribution in [3.05, 3.63) is 90.6 Å². The summed E-state index contributed by atoms with van der Waals surface area (Å²) in [5.74, 6) is 0.214. The zero-order valence-electron chi connectivity index (χ0n) is 14.7. The summed E-state index contributed by atoms with van der Waals surface area (Å²) in [7, 11) is -3.94. The number of aryl methyl sites for hydroxylation is 1. The van der Waals surface area contributed by atoms with E-state index < -0.39 is 10.1 Å². The first-order valence-electron chi connectivity index (χ1n) is 8.49. The molecule has 4 nitrogen and oxygen atoms in total. The van der Waals surface area contributed by atoms with Gasteiger partial charge in [0.2, 0.25) is 0 Å². The van der Waals surface area contributed by atoms with Crippen LogP contribution < -0.4 is 4.18 Å². The molecule has 0 N–H and O–H groups in total. The first-order chi connectivity index (χ1) is 13.0.